The minimum atomic E-state index is -1.58. The van der Waals surface area contributed by atoms with E-state index in [1.54, 1.807) is 0 Å². The predicted octanol–water partition coefficient (Wildman–Crippen LogP) is 3.20. The van der Waals surface area contributed by atoms with Crippen LogP contribution in [0.1, 0.15) is 32.6 Å². The van der Waals surface area contributed by atoms with Crippen LogP contribution in [0, 0.1) is 22.9 Å². The Morgan fingerprint density at radius 2 is 1.80 bits per heavy atom. The molecule has 1 heterocycles. The van der Waals surface area contributed by atoms with Gasteiger partial charge < -0.3 is 10.3 Å². The molecule has 0 spiro atoms. The lowest BCUT2D eigenvalue weighted by molar-refractivity contribution is 0.303. The van der Waals surface area contributed by atoms with Crippen LogP contribution in [0.25, 0.3) is 11.5 Å². The third kappa shape index (κ3) is 2.53. The van der Waals surface area contributed by atoms with E-state index in [-0.39, 0.29) is 22.7 Å². The van der Waals surface area contributed by atoms with E-state index in [1.165, 1.54) is 0 Å². The van der Waals surface area contributed by atoms with Crippen molar-refractivity contribution in [3.63, 3.8) is 0 Å². The number of halogens is 3. The molecule has 0 fully saturated rings. The molecule has 0 aliphatic carbocycles. The van der Waals surface area contributed by atoms with Crippen LogP contribution in [0.3, 0.4) is 0 Å². The molecule has 0 amide bonds. The van der Waals surface area contributed by atoms with E-state index in [1.807, 2.05) is 20.8 Å². The van der Waals surface area contributed by atoms with Crippen LogP contribution < -0.4 is 5.73 Å². The van der Waals surface area contributed by atoms with Gasteiger partial charge >= 0.3 is 0 Å². The van der Waals surface area contributed by atoms with E-state index in [2.05, 4.69) is 10.1 Å². The summed E-state index contributed by atoms with van der Waals surface area (Å²) in [5.41, 5.74) is 5.31. The van der Waals surface area contributed by atoms with Crippen LogP contribution in [-0.4, -0.2) is 10.1 Å². The first-order valence-electron chi connectivity index (χ1n) is 5.95. The van der Waals surface area contributed by atoms with Gasteiger partial charge in [-0.15, -0.1) is 0 Å². The van der Waals surface area contributed by atoms with Crippen molar-refractivity contribution in [1.82, 2.24) is 10.1 Å². The molecule has 1 atom stereocenters. The molecule has 0 saturated heterocycles. The second kappa shape index (κ2) is 4.90. The number of nitrogens with two attached hydrogens (primary N) is 1. The smallest absolute Gasteiger partial charge is 0.261 e. The molecule has 1 aromatic heterocycles. The van der Waals surface area contributed by atoms with E-state index in [9.17, 15) is 13.2 Å². The van der Waals surface area contributed by atoms with Gasteiger partial charge in [0.15, 0.2) is 23.3 Å². The highest BCUT2D eigenvalue weighted by Crippen LogP contribution is 2.31. The Balaban J connectivity index is 2.42. The molecular formula is C13H14F3N3O. The van der Waals surface area contributed by atoms with Gasteiger partial charge in [-0.3, -0.25) is 0 Å². The van der Waals surface area contributed by atoms with Gasteiger partial charge in [-0.25, -0.2) is 13.2 Å². The van der Waals surface area contributed by atoms with E-state index < -0.39 is 23.5 Å². The van der Waals surface area contributed by atoms with Gasteiger partial charge in [0.25, 0.3) is 5.89 Å². The number of hydrogen-bond donors (Lipinski definition) is 1. The lowest BCUT2D eigenvalue weighted by atomic mass is 9.87. The van der Waals surface area contributed by atoms with Crippen LogP contribution >= 0.6 is 0 Å². The SMILES string of the molecule is CC(C)(C)C(N)c1noc(-c2ccc(F)c(F)c2F)n1. The lowest BCUT2D eigenvalue weighted by Gasteiger charge is -2.23. The maximum absolute atomic E-state index is 13.6. The van der Waals surface area contributed by atoms with Gasteiger partial charge in [-0.2, -0.15) is 4.98 Å². The van der Waals surface area contributed by atoms with E-state index in [4.69, 9.17) is 10.3 Å². The summed E-state index contributed by atoms with van der Waals surface area (Å²) in [5.74, 6) is -4.29. The number of benzene rings is 1. The largest absolute Gasteiger partial charge is 0.334 e. The van der Waals surface area contributed by atoms with Crippen LogP contribution in [-0.2, 0) is 0 Å². The molecule has 20 heavy (non-hydrogen) atoms. The van der Waals surface area contributed by atoms with Crippen molar-refractivity contribution in [3.8, 4) is 11.5 Å². The van der Waals surface area contributed by atoms with Crippen molar-refractivity contribution in [2.75, 3.05) is 0 Å². The van der Waals surface area contributed by atoms with Crippen LogP contribution in [0.5, 0.6) is 0 Å². The number of rotatable bonds is 2. The summed E-state index contributed by atoms with van der Waals surface area (Å²) in [4.78, 5) is 3.95. The summed E-state index contributed by atoms with van der Waals surface area (Å²) in [5, 5.41) is 3.66. The molecule has 1 aromatic carbocycles. The minimum absolute atomic E-state index is 0.177. The molecule has 0 radical (unpaired) electrons. The second-order valence-corrected chi connectivity index (χ2v) is 5.52. The van der Waals surface area contributed by atoms with Crippen LogP contribution in [0.2, 0.25) is 0 Å². The highest BCUT2D eigenvalue weighted by atomic mass is 19.2. The highest BCUT2D eigenvalue weighted by Gasteiger charge is 2.28. The van der Waals surface area contributed by atoms with Crippen LogP contribution in [0.4, 0.5) is 13.2 Å². The fourth-order valence-electron chi connectivity index (χ4n) is 1.55. The Morgan fingerprint density at radius 3 is 2.40 bits per heavy atom. The Hall–Kier alpha value is -1.89. The molecule has 108 valence electrons. The van der Waals surface area contributed by atoms with Crippen molar-refractivity contribution in [2.45, 2.75) is 26.8 Å². The summed E-state index contributed by atoms with van der Waals surface area (Å²) in [6, 6.07) is 1.29. The molecule has 2 aromatic rings. The van der Waals surface area contributed by atoms with E-state index in [0.29, 0.717) is 0 Å². The van der Waals surface area contributed by atoms with Crippen molar-refractivity contribution in [2.24, 2.45) is 11.1 Å². The van der Waals surface area contributed by atoms with Crippen molar-refractivity contribution in [3.05, 3.63) is 35.4 Å². The molecule has 2 N–H and O–H groups in total. The summed E-state index contributed by atoms with van der Waals surface area (Å²) in [6.45, 7) is 5.64. The van der Waals surface area contributed by atoms with Crippen molar-refractivity contribution < 1.29 is 17.7 Å². The Morgan fingerprint density at radius 1 is 1.15 bits per heavy atom. The first-order valence-corrected chi connectivity index (χ1v) is 5.95. The van der Waals surface area contributed by atoms with Gasteiger partial charge in [0.1, 0.15) is 0 Å². The Labute approximate surface area is 113 Å². The fourth-order valence-corrected chi connectivity index (χ4v) is 1.55. The monoisotopic (exact) mass is 285 g/mol. The van der Waals surface area contributed by atoms with Gasteiger partial charge in [-0.1, -0.05) is 25.9 Å². The second-order valence-electron chi connectivity index (χ2n) is 5.52. The first kappa shape index (κ1) is 14.5. The molecule has 4 nitrogen and oxygen atoms in total. The van der Waals surface area contributed by atoms with E-state index >= 15 is 0 Å². The standard InChI is InChI=1S/C13H14F3N3O/c1-13(2,3)10(17)11-18-12(20-19-11)6-4-5-7(14)9(16)8(6)15/h4-5,10H,17H2,1-3H3. The third-order valence-corrected chi connectivity index (χ3v) is 2.92. The average Bonchev–Trinajstić information content (AvgIpc) is 2.83. The lowest BCUT2D eigenvalue weighted by Crippen LogP contribution is -2.27. The Kier molecular flexibility index (Phi) is 3.56. The molecule has 1 unspecified atom stereocenters. The zero-order valence-corrected chi connectivity index (χ0v) is 11.2. The zero-order valence-electron chi connectivity index (χ0n) is 11.2. The first-order chi connectivity index (χ1) is 9.21. The van der Waals surface area contributed by atoms with Gasteiger partial charge in [0, 0.05) is 0 Å². The number of nitrogens with zero attached hydrogens (tertiary/aromatic N) is 2. The summed E-state index contributed by atoms with van der Waals surface area (Å²) >= 11 is 0. The zero-order chi connectivity index (χ0) is 15.1. The van der Waals surface area contributed by atoms with E-state index in [0.717, 1.165) is 12.1 Å². The molecule has 7 heteroatoms. The highest BCUT2D eigenvalue weighted by molar-refractivity contribution is 5.54. The van der Waals surface area contributed by atoms with Gasteiger partial charge in [-0.05, 0) is 17.5 Å². The third-order valence-electron chi connectivity index (χ3n) is 2.92. The van der Waals surface area contributed by atoms with Gasteiger partial charge in [0.05, 0.1) is 11.6 Å². The molecule has 0 saturated carbocycles. The minimum Gasteiger partial charge on any atom is -0.334 e. The normalized spacial score (nSPS) is 13.6. The number of hydrogen-bond acceptors (Lipinski definition) is 4. The molecular weight excluding hydrogens is 271 g/mol. The fraction of sp³-hybridized carbons (Fsp3) is 0.385. The number of aromatic nitrogens is 2. The summed E-state index contributed by atoms with van der Waals surface area (Å²) in [6.07, 6.45) is 0. The molecule has 0 bridgehead atoms. The average molecular weight is 285 g/mol. The van der Waals surface area contributed by atoms with Crippen molar-refractivity contribution in [1.29, 1.82) is 0 Å². The maximum Gasteiger partial charge on any atom is 0.261 e. The molecule has 2 rings (SSSR count). The topological polar surface area (TPSA) is 64.9 Å². The van der Waals surface area contributed by atoms with Crippen LogP contribution in [0.15, 0.2) is 16.7 Å². The predicted molar refractivity (Wildman–Crippen MR) is 66.0 cm³/mol. The van der Waals surface area contributed by atoms with Crippen molar-refractivity contribution >= 4 is 0 Å². The summed E-state index contributed by atoms with van der Waals surface area (Å²) in [7, 11) is 0. The maximum atomic E-state index is 13.6. The molecule has 0 aliphatic heterocycles. The summed E-state index contributed by atoms with van der Waals surface area (Å²) < 4.78 is 44.5. The Bertz CT molecular complexity index is 634. The van der Waals surface area contributed by atoms with Gasteiger partial charge in [0.2, 0.25) is 0 Å². The quantitative estimate of drug-likeness (QED) is 0.860. The molecule has 0 aliphatic rings.